The van der Waals surface area contributed by atoms with E-state index in [1.54, 1.807) is 12.1 Å². The largest absolute Gasteiger partial charge is 0.304 e. The maximum absolute atomic E-state index is 14.2. The molecule has 0 saturated carbocycles. The first-order valence-corrected chi connectivity index (χ1v) is 8.44. The van der Waals surface area contributed by atoms with Gasteiger partial charge in [0.15, 0.2) is 0 Å². The highest BCUT2D eigenvalue weighted by atomic mass is 32.1. The zero-order valence-electron chi connectivity index (χ0n) is 13.1. The molecule has 1 aliphatic heterocycles. The molecule has 2 atom stereocenters. The molecule has 0 bridgehead atoms. The monoisotopic (exact) mass is 346 g/mol. The van der Waals surface area contributed by atoms with Crippen LogP contribution in [0.4, 0.5) is 10.1 Å². The van der Waals surface area contributed by atoms with Crippen molar-refractivity contribution in [3.8, 4) is 0 Å². The molecule has 1 heterocycles. The summed E-state index contributed by atoms with van der Waals surface area (Å²) in [6.07, 6.45) is 0.521. The number of anilines is 1. The van der Waals surface area contributed by atoms with Crippen LogP contribution < -0.4 is 10.8 Å². The molecule has 126 valence electrons. The number of benzene rings is 2. The van der Waals surface area contributed by atoms with Gasteiger partial charge in [-0.15, -0.1) is 0 Å². The third-order valence-electron chi connectivity index (χ3n) is 4.08. The topological polar surface area (TPSA) is 55.6 Å². The lowest BCUT2D eigenvalue weighted by atomic mass is 10.0. The van der Waals surface area contributed by atoms with Crippen LogP contribution in [0.2, 0.25) is 0 Å². The van der Waals surface area contributed by atoms with Gasteiger partial charge in [0.2, 0.25) is 0 Å². The van der Waals surface area contributed by atoms with Gasteiger partial charge in [-0.25, -0.2) is 9.23 Å². The SMILES string of the molecule is NC(CCc1ccccc1)ON1C(=O)C(CS)c2cccc(F)c21. The molecule has 0 saturated heterocycles. The summed E-state index contributed by atoms with van der Waals surface area (Å²) in [5.74, 6) is -1.06. The molecule has 0 aromatic heterocycles. The minimum absolute atomic E-state index is 0.150. The van der Waals surface area contributed by atoms with E-state index < -0.39 is 18.0 Å². The summed E-state index contributed by atoms with van der Waals surface area (Å²) in [5.41, 5.74) is 7.87. The van der Waals surface area contributed by atoms with Gasteiger partial charge in [0.1, 0.15) is 17.7 Å². The molecular weight excluding hydrogens is 327 g/mol. The number of hydrogen-bond donors (Lipinski definition) is 2. The van der Waals surface area contributed by atoms with E-state index in [1.807, 2.05) is 30.3 Å². The van der Waals surface area contributed by atoms with Crippen LogP contribution in [0.1, 0.15) is 23.5 Å². The Balaban J connectivity index is 1.72. The average Bonchev–Trinajstić information content (AvgIpc) is 2.86. The molecule has 0 aliphatic carbocycles. The van der Waals surface area contributed by atoms with Gasteiger partial charge in [0, 0.05) is 5.75 Å². The molecular formula is C18H19FN2O2S. The minimum Gasteiger partial charge on any atom is -0.304 e. The smallest absolute Gasteiger partial charge is 0.259 e. The quantitative estimate of drug-likeness (QED) is 0.624. The van der Waals surface area contributed by atoms with E-state index in [4.69, 9.17) is 10.6 Å². The van der Waals surface area contributed by atoms with Crippen molar-refractivity contribution in [1.29, 1.82) is 0 Å². The van der Waals surface area contributed by atoms with Gasteiger partial charge < -0.3 is 5.73 Å². The number of nitrogens with zero attached hydrogens (tertiary/aromatic N) is 1. The highest BCUT2D eigenvalue weighted by Gasteiger charge is 2.40. The van der Waals surface area contributed by atoms with Crippen molar-refractivity contribution in [2.45, 2.75) is 25.0 Å². The van der Waals surface area contributed by atoms with Crippen LogP contribution in [0.3, 0.4) is 0 Å². The number of nitrogens with two attached hydrogens (primary N) is 1. The molecule has 2 unspecified atom stereocenters. The van der Waals surface area contributed by atoms with E-state index >= 15 is 0 Å². The number of thiol groups is 1. The van der Waals surface area contributed by atoms with Crippen LogP contribution in [0.25, 0.3) is 0 Å². The Hall–Kier alpha value is -1.89. The number of para-hydroxylation sites is 1. The lowest BCUT2D eigenvalue weighted by molar-refractivity contribution is -0.128. The van der Waals surface area contributed by atoms with E-state index in [0.29, 0.717) is 18.4 Å². The number of fused-ring (bicyclic) bond motifs is 1. The van der Waals surface area contributed by atoms with Crippen molar-refractivity contribution in [3.63, 3.8) is 0 Å². The summed E-state index contributed by atoms with van der Waals surface area (Å²) >= 11 is 4.20. The molecule has 2 aromatic rings. The highest BCUT2D eigenvalue weighted by Crippen LogP contribution is 2.40. The molecule has 0 fully saturated rings. The Bertz CT molecular complexity index is 726. The molecule has 4 nitrogen and oxygen atoms in total. The lowest BCUT2D eigenvalue weighted by Crippen LogP contribution is -2.38. The molecule has 0 radical (unpaired) electrons. The first-order valence-electron chi connectivity index (χ1n) is 7.81. The van der Waals surface area contributed by atoms with E-state index in [0.717, 1.165) is 10.6 Å². The number of hydroxylamine groups is 1. The average molecular weight is 346 g/mol. The molecule has 2 aromatic carbocycles. The number of hydrogen-bond acceptors (Lipinski definition) is 4. The molecule has 6 heteroatoms. The Kier molecular flexibility index (Phi) is 5.18. The van der Waals surface area contributed by atoms with E-state index in [-0.39, 0.29) is 17.3 Å². The van der Waals surface area contributed by atoms with Gasteiger partial charge in [0.25, 0.3) is 5.91 Å². The first-order chi connectivity index (χ1) is 11.6. The zero-order valence-corrected chi connectivity index (χ0v) is 14.0. The number of halogens is 1. The number of rotatable bonds is 6. The predicted octanol–water partition coefficient (Wildman–Crippen LogP) is 3.03. The summed E-state index contributed by atoms with van der Waals surface area (Å²) in [5, 5.41) is 1.00. The normalized spacial score (nSPS) is 17.9. The van der Waals surface area contributed by atoms with Crippen molar-refractivity contribution in [1.82, 2.24) is 0 Å². The van der Waals surface area contributed by atoms with Crippen LogP contribution in [0.5, 0.6) is 0 Å². The number of carbonyl (C=O) groups is 1. The molecule has 2 N–H and O–H groups in total. The van der Waals surface area contributed by atoms with Crippen LogP contribution in [-0.2, 0) is 16.1 Å². The fraction of sp³-hybridized carbons (Fsp3) is 0.278. The minimum atomic E-state index is -0.708. The predicted molar refractivity (Wildman–Crippen MR) is 94.3 cm³/mol. The summed E-state index contributed by atoms with van der Waals surface area (Å²) in [7, 11) is 0. The summed E-state index contributed by atoms with van der Waals surface area (Å²) < 4.78 is 14.2. The number of amides is 1. The summed E-state index contributed by atoms with van der Waals surface area (Å²) in [6, 6.07) is 14.5. The standard InChI is InChI=1S/C18H19FN2O2S/c19-15-8-4-7-13-14(11-24)18(22)21(17(13)15)23-16(20)10-9-12-5-2-1-3-6-12/h1-8,14,16,24H,9-11,20H2. The van der Waals surface area contributed by atoms with Crippen LogP contribution in [0.15, 0.2) is 48.5 Å². The molecule has 24 heavy (non-hydrogen) atoms. The van der Waals surface area contributed by atoms with Gasteiger partial charge in [-0.1, -0.05) is 42.5 Å². The maximum atomic E-state index is 14.2. The van der Waals surface area contributed by atoms with Gasteiger partial charge in [-0.2, -0.15) is 17.7 Å². The van der Waals surface area contributed by atoms with Crippen LogP contribution in [-0.4, -0.2) is 17.9 Å². The first kappa shape index (κ1) is 17.0. The Morgan fingerprint density at radius 2 is 1.96 bits per heavy atom. The van der Waals surface area contributed by atoms with Crippen molar-refractivity contribution in [2.75, 3.05) is 10.8 Å². The highest BCUT2D eigenvalue weighted by molar-refractivity contribution is 7.80. The molecule has 1 amide bonds. The summed E-state index contributed by atoms with van der Waals surface area (Å²) in [4.78, 5) is 18.1. The van der Waals surface area contributed by atoms with Gasteiger partial charge in [-0.3, -0.25) is 4.79 Å². The Morgan fingerprint density at radius 1 is 1.21 bits per heavy atom. The van der Waals surface area contributed by atoms with Gasteiger partial charge in [0.05, 0.1) is 5.92 Å². The number of carbonyl (C=O) groups excluding carboxylic acids is 1. The second-order valence-corrected chi connectivity index (χ2v) is 6.08. The summed E-state index contributed by atoms with van der Waals surface area (Å²) in [6.45, 7) is 0. The van der Waals surface area contributed by atoms with Crippen molar-refractivity contribution < 1.29 is 14.0 Å². The second-order valence-electron chi connectivity index (χ2n) is 5.71. The van der Waals surface area contributed by atoms with Gasteiger partial charge in [-0.05, 0) is 30.0 Å². The fourth-order valence-electron chi connectivity index (χ4n) is 2.84. The molecule has 3 rings (SSSR count). The zero-order chi connectivity index (χ0) is 17.1. The van der Waals surface area contributed by atoms with E-state index in [1.165, 1.54) is 6.07 Å². The van der Waals surface area contributed by atoms with Crippen molar-refractivity contribution >= 4 is 24.2 Å². The van der Waals surface area contributed by atoms with Crippen molar-refractivity contribution in [3.05, 3.63) is 65.5 Å². The third-order valence-corrected chi connectivity index (χ3v) is 4.44. The molecule has 0 spiro atoms. The molecule has 1 aliphatic rings. The lowest BCUT2D eigenvalue weighted by Gasteiger charge is -2.22. The van der Waals surface area contributed by atoms with E-state index in [2.05, 4.69) is 12.6 Å². The van der Waals surface area contributed by atoms with Crippen LogP contribution >= 0.6 is 12.6 Å². The van der Waals surface area contributed by atoms with Gasteiger partial charge >= 0.3 is 0 Å². The fourth-order valence-corrected chi connectivity index (χ4v) is 3.19. The van der Waals surface area contributed by atoms with E-state index in [9.17, 15) is 9.18 Å². The number of aryl methyl sites for hydroxylation is 1. The van der Waals surface area contributed by atoms with Crippen LogP contribution in [0, 0.1) is 5.82 Å². The second kappa shape index (κ2) is 7.34. The Labute approximate surface area is 145 Å². The Morgan fingerprint density at radius 3 is 2.67 bits per heavy atom. The third kappa shape index (κ3) is 3.31. The van der Waals surface area contributed by atoms with Crippen molar-refractivity contribution in [2.24, 2.45) is 5.73 Å². The maximum Gasteiger partial charge on any atom is 0.259 e.